The van der Waals surface area contributed by atoms with Crippen molar-refractivity contribution in [3.8, 4) is 0 Å². The average Bonchev–Trinajstić information content (AvgIpc) is 2.35. The summed E-state index contributed by atoms with van der Waals surface area (Å²) in [6.07, 6.45) is -10.7. The molecule has 0 saturated carbocycles. The van der Waals surface area contributed by atoms with Gasteiger partial charge in [-0.05, 0) is 18.2 Å². The van der Waals surface area contributed by atoms with Gasteiger partial charge in [-0.2, -0.15) is 26.3 Å². The molecule has 0 spiro atoms. The molecule has 1 N–H and O–H groups in total. The number of alkyl halides is 7. The van der Waals surface area contributed by atoms with Crippen molar-refractivity contribution in [3.63, 3.8) is 0 Å². The smallest absolute Gasteiger partial charge is 0.232 e. The van der Waals surface area contributed by atoms with E-state index < -0.39 is 54.4 Å². The standard InChI is InChI=1S/C9H6F7NO4S2/c10-4-22(18,19)17-23(20,21)7-2-5(8(11,12)13)1-6(3-7)9(14,15)16/h1-3,17H,4H2. The Morgan fingerprint density at radius 1 is 0.826 bits per heavy atom. The summed E-state index contributed by atoms with van der Waals surface area (Å²) in [6, 6.07) is -2.99. The Hall–Kier alpha value is -1.41. The minimum atomic E-state index is -5.37. The van der Waals surface area contributed by atoms with Crippen molar-refractivity contribution in [2.45, 2.75) is 17.2 Å². The van der Waals surface area contributed by atoms with E-state index in [4.69, 9.17) is 0 Å². The zero-order valence-electron chi connectivity index (χ0n) is 10.5. The van der Waals surface area contributed by atoms with Crippen LogP contribution in [0.1, 0.15) is 11.1 Å². The fraction of sp³-hybridized carbons (Fsp3) is 0.333. The summed E-state index contributed by atoms with van der Waals surface area (Å²) in [5, 5.41) is 0. The Bertz CT molecular complexity index is 764. The van der Waals surface area contributed by atoms with Crippen LogP contribution in [0.2, 0.25) is 0 Å². The molecule has 1 aromatic carbocycles. The van der Waals surface area contributed by atoms with Crippen LogP contribution in [0.25, 0.3) is 0 Å². The molecule has 0 atom stereocenters. The van der Waals surface area contributed by atoms with Crippen molar-refractivity contribution in [1.82, 2.24) is 4.13 Å². The third-order valence-electron chi connectivity index (χ3n) is 2.25. The van der Waals surface area contributed by atoms with Crippen molar-refractivity contribution < 1.29 is 47.6 Å². The van der Waals surface area contributed by atoms with Gasteiger partial charge in [-0.3, -0.25) is 0 Å². The van der Waals surface area contributed by atoms with Crippen molar-refractivity contribution >= 4 is 20.0 Å². The van der Waals surface area contributed by atoms with E-state index in [2.05, 4.69) is 0 Å². The van der Waals surface area contributed by atoms with Gasteiger partial charge in [0.15, 0.2) is 0 Å². The molecule has 0 aliphatic heterocycles. The molecule has 132 valence electrons. The lowest BCUT2D eigenvalue weighted by Crippen LogP contribution is -2.32. The maximum absolute atomic E-state index is 12.6. The quantitative estimate of drug-likeness (QED) is 0.802. The van der Waals surface area contributed by atoms with Gasteiger partial charge >= 0.3 is 12.4 Å². The molecule has 0 heterocycles. The Labute approximate surface area is 125 Å². The second kappa shape index (κ2) is 5.90. The Morgan fingerprint density at radius 2 is 1.22 bits per heavy atom. The van der Waals surface area contributed by atoms with Crippen molar-refractivity contribution in [1.29, 1.82) is 0 Å². The normalized spacial score (nSPS) is 14.0. The van der Waals surface area contributed by atoms with Crippen LogP contribution in [0.3, 0.4) is 0 Å². The highest BCUT2D eigenvalue weighted by Crippen LogP contribution is 2.37. The predicted octanol–water partition coefficient (Wildman–Crippen LogP) is 2.26. The van der Waals surface area contributed by atoms with Crippen LogP contribution < -0.4 is 4.13 Å². The summed E-state index contributed by atoms with van der Waals surface area (Å²) in [5.74, 6) is 0. The van der Waals surface area contributed by atoms with Gasteiger partial charge in [0.2, 0.25) is 6.01 Å². The summed E-state index contributed by atoms with van der Waals surface area (Å²) in [7, 11) is -10.5. The molecule has 0 fully saturated rings. The van der Waals surface area contributed by atoms with Crippen LogP contribution in [0.4, 0.5) is 30.7 Å². The highest BCUT2D eigenvalue weighted by atomic mass is 32.3. The van der Waals surface area contributed by atoms with E-state index in [1.807, 2.05) is 0 Å². The van der Waals surface area contributed by atoms with Crippen LogP contribution in [0.15, 0.2) is 23.1 Å². The first-order chi connectivity index (χ1) is 10.1. The number of rotatable bonds is 4. The highest BCUT2D eigenvalue weighted by Gasteiger charge is 2.38. The molecule has 1 rings (SSSR count). The largest absolute Gasteiger partial charge is 0.416 e. The molecular formula is C9H6F7NO4S2. The molecule has 0 aromatic heterocycles. The first kappa shape index (κ1) is 19.6. The van der Waals surface area contributed by atoms with Gasteiger partial charge < -0.3 is 0 Å². The number of sulfonamides is 2. The van der Waals surface area contributed by atoms with Gasteiger partial charge in [-0.15, -0.1) is 4.13 Å². The van der Waals surface area contributed by atoms with E-state index in [1.54, 1.807) is 0 Å². The first-order valence-corrected chi connectivity index (χ1v) is 8.34. The molecule has 0 bridgehead atoms. The molecule has 0 aliphatic rings. The van der Waals surface area contributed by atoms with Crippen LogP contribution in [-0.4, -0.2) is 22.8 Å². The van der Waals surface area contributed by atoms with Gasteiger partial charge in [0.25, 0.3) is 20.0 Å². The van der Waals surface area contributed by atoms with Gasteiger partial charge in [0.1, 0.15) is 0 Å². The van der Waals surface area contributed by atoms with Crippen molar-refractivity contribution in [3.05, 3.63) is 29.3 Å². The Morgan fingerprint density at radius 3 is 1.52 bits per heavy atom. The molecule has 0 aliphatic carbocycles. The molecule has 14 heteroatoms. The number of hydrogen-bond acceptors (Lipinski definition) is 4. The summed E-state index contributed by atoms with van der Waals surface area (Å²) in [6.45, 7) is 0. The zero-order valence-corrected chi connectivity index (χ0v) is 12.2. The fourth-order valence-electron chi connectivity index (χ4n) is 1.32. The Balaban J connectivity index is 3.59. The maximum Gasteiger partial charge on any atom is 0.416 e. The zero-order chi connectivity index (χ0) is 18.3. The maximum atomic E-state index is 12.6. The first-order valence-electron chi connectivity index (χ1n) is 5.20. The van der Waals surface area contributed by atoms with E-state index in [1.165, 1.54) is 0 Å². The second-order valence-corrected chi connectivity index (χ2v) is 7.64. The van der Waals surface area contributed by atoms with Gasteiger partial charge in [-0.1, -0.05) is 0 Å². The lowest BCUT2D eigenvalue weighted by atomic mass is 10.1. The molecule has 0 saturated heterocycles. The Kier molecular flexibility index (Phi) is 5.04. The van der Waals surface area contributed by atoms with E-state index in [9.17, 15) is 47.6 Å². The molecular weight excluding hydrogens is 383 g/mol. The third-order valence-corrected chi connectivity index (χ3v) is 5.29. The van der Waals surface area contributed by atoms with Crippen LogP contribution in [0, 0.1) is 0 Å². The van der Waals surface area contributed by atoms with Crippen molar-refractivity contribution in [2.24, 2.45) is 0 Å². The monoisotopic (exact) mass is 389 g/mol. The number of benzene rings is 1. The molecule has 23 heavy (non-hydrogen) atoms. The van der Waals surface area contributed by atoms with Gasteiger partial charge in [0, 0.05) is 0 Å². The minimum Gasteiger partial charge on any atom is -0.232 e. The summed E-state index contributed by atoms with van der Waals surface area (Å²) >= 11 is 0. The molecule has 5 nitrogen and oxygen atoms in total. The number of nitrogens with one attached hydrogen (secondary N) is 1. The van der Waals surface area contributed by atoms with Crippen LogP contribution in [-0.2, 0) is 32.4 Å². The van der Waals surface area contributed by atoms with E-state index in [-0.39, 0.29) is 18.2 Å². The second-order valence-electron chi connectivity index (χ2n) is 4.05. The third kappa shape index (κ3) is 5.04. The lowest BCUT2D eigenvalue weighted by molar-refractivity contribution is -0.143. The molecule has 0 amide bonds. The van der Waals surface area contributed by atoms with Gasteiger partial charge in [0.05, 0.1) is 16.0 Å². The fourth-order valence-corrected chi connectivity index (χ4v) is 3.78. The molecule has 0 radical (unpaired) electrons. The van der Waals surface area contributed by atoms with E-state index in [0.717, 1.165) is 0 Å². The topological polar surface area (TPSA) is 80.3 Å². The van der Waals surface area contributed by atoms with Crippen LogP contribution >= 0.6 is 0 Å². The molecule has 0 unspecified atom stereocenters. The number of hydrogen-bond donors (Lipinski definition) is 1. The SMILES string of the molecule is O=S(=O)(CF)NS(=O)(=O)c1cc(C(F)(F)F)cc(C(F)(F)F)c1. The van der Waals surface area contributed by atoms with E-state index in [0.29, 0.717) is 4.13 Å². The van der Waals surface area contributed by atoms with Crippen molar-refractivity contribution in [2.75, 3.05) is 6.01 Å². The van der Waals surface area contributed by atoms with Gasteiger partial charge in [-0.25, -0.2) is 21.2 Å². The van der Waals surface area contributed by atoms with Crippen LogP contribution in [0.5, 0.6) is 0 Å². The predicted molar refractivity (Wildman–Crippen MR) is 61.7 cm³/mol. The summed E-state index contributed by atoms with van der Waals surface area (Å²) < 4.78 is 133. The van der Waals surface area contributed by atoms with E-state index >= 15 is 0 Å². The average molecular weight is 389 g/mol. The summed E-state index contributed by atoms with van der Waals surface area (Å²) in [4.78, 5) is -1.63. The lowest BCUT2D eigenvalue weighted by Gasteiger charge is -2.14. The highest BCUT2D eigenvalue weighted by molar-refractivity contribution is 8.04. The summed E-state index contributed by atoms with van der Waals surface area (Å²) in [5.41, 5.74) is -3.93. The number of halogens is 7. The minimum absolute atomic E-state index is 0.203. The molecule has 1 aromatic rings.